The maximum atomic E-state index is 1.64. The van der Waals surface area contributed by atoms with E-state index in [4.69, 9.17) is 0 Å². The second-order valence-electron chi connectivity index (χ2n) is 5.84. The minimum Gasteiger partial charge on any atom is -0.112 e. The van der Waals surface area contributed by atoms with Crippen LogP contribution in [0.1, 0.15) is 64.2 Å². The van der Waals surface area contributed by atoms with E-state index < -0.39 is 0 Å². The summed E-state index contributed by atoms with van der Waals surface area (Å²) in [5, 5.41) is 0.896. The van der Waals surface area contributed by atoms with Gasteiger partial charge < -0.3 is 0 Å². The van der Waals surface area contributed by atoms with Crippen molar-refractivity contribution in [2.75, 3.05) is 0 Å². The smallest absolute Gasteiger partial charge is 0.0116 e. The Kier molecular flexibility index (Phi) is 2.60. The molecule has 80 valence electrons. The van der Waals surface area contributed by atoms with Crippen molar-refractivity contribution in [3.05, 3.63) is 0 Å². The molecule has 3 fully saturated rings. The van der Waals surface area contributed by atoms with Crippen LogP contribution in [-0.4, -0.2) is 10.8 Å². The Bertz CT molecular complexity index is 189. The summed E-state index contributed by atoms with van der Waals surface area (Å²) >= 11 is 0. The topological polar surface area (TPSA) is 0 Å². The molecule has 1 heteroatoms. The van der Waals surface area contributed by atoms with E-state index in [0.717, 1.165) is 11.1 Å². The van der Waals surface area contributed by atoms with Gasteiger partial charge in [-0.15, -0.1) is 8.58 Å². The molecule has 0 radical (unpaired) electrons. The van der Waals surface area contributed by atoms with E-state index in [-0.39, 0.29) is 0 Å². The predicted molar refractivity (Wildman–Crippen MR) is 64.5 cm³/mol. The maximum absolute atomic E-state index is 1.64. The van der Waals surface area contributed by atoms with Crippen molar-refractivity contribution >= 4 is 8.58 Å². The first-order chi connectivity index (χ1) is 6.88. The van der Waals surface area contributed by atoms with E-state index in [1.807, 2.05) is 0 Å². The molecule has 1 saturated heterocycles. The van der Waals surface area contributed by atoms with Gasteiger partial charge in [0, 0.05) is 0 Å². The van der Waals surface area contributed by atoms with Crippen LogP contribution in [-0.2, 0) is 0 Å². The summed E-state index contributed by atoms with van der Waals surface area (Å²) in [7, 11) is 1.36. The largest absolute Gasteiger partial charge is 0.112 e. The molecule has 3 aliphatic rings. The second kappa shape index (κ2) is 3.78. The molecule has 14 heavy (non-hydrogen) atoms. The van der Waals surface area contributed by atoms with Crippen LogP contribution in [0.25, 0.3) is 0 Å². The van der Waals surface area contributed by atoms with Gasteiger partial charge in [0.05, 0.1) is 0 Å². The Hall–Kier alpha value is 0.430. The second-order valence-corrected chi connectivity index (χ2v) is 7.93. The van der Waals surface area contributed by atoms with Gasteiger partial charge in [0.25, 0.3) is 0 Å². The zero-order valence-electron chi connectivity index (χ0n) is 9.23. The highest BCUT2D eigenvalue weighted by atomic mass is 31.1. The van der Waals surface area contributed by atoms with Gasteiger partial charge in [0.1, 0.15) is 0 Å². The molecule has 3 rings (SSSR count). The van der Waals surface area contributed by atoms with E-state index in [1.54, 1.807) is 57.8 Å². The average molecular weight is 210 g/mol. The van der Waals surface area contributed by atoms with Crippen LogP contribution in [0.15, 0.2) is 0 Å². The fourth-order valence-corrected chi connectivity index (χ4v) is 6.85. The molecule has 1 heterocycles. The van der Waals surface area contributed by atoms with Gasteiger partial charge in [-0.3, -0.25) is 0 Å². The number of rotatable bonds is 0. The number of hydrogen-bond donors (Lipinski definition) is 0. The standard InChI is InChI=1S/C13H23P/c1-2-6-11-10-13(8-4-5-9-13)14-12(11)7-3-1/h11-12,14H,1-10H2. The fourth-order valence-electron chi connectivity index (χ4n) is 4.17. The summed E-state index contributed by atoms with van der Waals surface area (Å²) in [6.45, 7) is 0. The zero-order valence-corrected chi connectivity index (χ0v) is 10.2. The highest BCUT2D eigenvalue weighted by molar-refractivity contribution is 7.41. The van der Waals surface area contributed by atoms with Gasteiger partial charge in [0.2, 0.25) is 0 Å². The molecule has 0 N–H and O–H groups in total. The molecule has 0 nitrogen and oxygen atoms in total. The van der Waals surface area contributed by atoms with Crippen molar-refractivity contribution < 1.29 is 0 Å². The average Bonchev–Trinajstić information content (AvgIpc) is 2.70. The Labute approximate surface area is 90.0 Å². The molecule has 2 aliphatic carbocycles. The van der Waals surface area contributed by atoms with Crippen LogP contribution < -0.4 is 0 Å². The van der Waals surface area contributed by atoms with Crippen LogP contribution in [0, 0.1) is 5.92 Å². The van der Waals surface area contributed by atoms with Crippen LogP contribution in [0.4, 0.5) is 0 Å². The monoisotopic (exact) mass is 210 g/mol. The van der Waals surface area contributed by atoms with Crippen molar-refractivity contribution in [3.63, 3.8) is 0 Å². The van der Waals surface area contributed by atoms with Crippen LogP contribution in [0.5, 0.6) is 0 Å². The summed E-state index contributed by atoms with van der Waals surface area (Å²) in [6, 6.07) is 0. The van der Waals surface area contributed by atoms with Crippen molar-refractivity contribution in [1.82, 2.24) is 0 Å². The highest BCUT2D eigenvalue weighted by Gasteiger charge is 2.45. The summed E-state index contributed by atoms with van der Waals surface area (Å²) in [4.78, 5) is 0. The van der Waals surface area contributed by atoms with Crippen molar-refractivity contribution in [2.24, 2.45) is 5.92 Å². The lowest BCUT2D eigenvalue weighted by molar-refractivity contribution is 0.410. The minimum atomic E-state index is 0.896. The number of hydrogen-bond acceptors (Lipinski definition) is 0. The van der Waals surface area contributed by atoms with E-state index in [9.17, 15) is 0 Å². The Morgan fingerprint density at radius 3 is 2.50 bits per heavy atom. The van der Waals surface area contributed by atoms with E-state index in [1.165, 1.54) is 20.7 Å². The molecule has 0 bridgehead atoms. The fraction of sp³-hybridized carbons (Fsp3) is 1.00. The molecule has 0 aromatic heterocycles. The third kappa shape index (κ3) is 1.64. The Balaban J connectivity index is 1.72. The van der Waals surface area contributed by atoms with Crippen molar-refractivity contribution in [2.45, 2.75) is 75.0 Å². The molecule has 3 unspecified atom stereocenters. The van der Waals surface area contributed by atoms with Gasteiger partial charge in [-0.2, -0.15) is 0 Å². The van der Waals surface area contributed by atoms with Gasteiger partial charge in [0.15, 0.2) is 0 Å². The molecule has 1 spiro atoms. The summed E-state index contributed by atoms with van der Waals surface area (Å²) in [5.41, 5.74) is 1.18. The summed E-state index contributed by atoms with van der Waals surface area (Å²) in [5.74, 6) is 1.16. The lowest BCUT2D eigenvalue weighted by Gasteiger charge is -2.23. The first kappa shape index (κ1) is 9.64. The van der Waals surface area contributed by atoms with Crippen molar-refractivity contribution in [1.29, 1.82) is 0 Å². The SMILES string of the molecule is C1CCC2CC3(CCCC3)PC2CC1. The maximum Gasteiger partial charge on any atom is -0.0116 e. The van der Waals surface area contributed by atoms with Gasteiger partial charge in [-0.05, 0) is 48.8 Å². The van der Waals surface area contributed by atoms with E-state index in [2.05, 4.69) is 0 Å². The Morgan fingerprint density at radius 2 is 1.64 bits per heavy atom. The summed E-state index contributed by atoms with van der Waals surface area (Å²) < 4.78 is 0. The highest BCUT2D eigenvalue weighted by Crippen LogP contribution is 2.61. The molecular weight excluding hydrogens is 187 g/mol. The van der Waals surface area contributed by atoms with Gasteiger partial charge >= 0.3 is 0 Å². The first-order valence-electron chi connectivity index (χ1n) is 6.66. The van der Waals surface area contributed by atoms with Crippen LogP contribution in [0.3, 0.4) is 0 Å². The Morgan fingerprint density at radius 1 is 0.857 bits per heavy atom. The molecule has 0 amide bonds. The third-order valence-electron chi connectivity index (χ3n) is 4.86. The predicted octanol–water partition coefficient (Wildman–Crippen LogP) is 4.33. The number of fused-ring (bicyclic) bond motifs is 1. The van der Waals surface area contributed by atoms with Crippen LogP contribution in [0.2, 0.25) is 0 Å². The molecule has 1 aliphatic heterocycles. The van der Waals surface area contributed by atoms with E-state index in [0.29, 0.717) is 0 Å². The molecule has 2 saturated carbocycles. The van der Waals surface area contributed by atoms with Gasteiger partial charge in [-0.1, -0.05) is 32.1 Å². The minimum absolute atomic E-state index is 0.896. The lowest BCUT2D eigenvalue weighted by Crippen LogP contribution is -2.15. The molecule has 0 aromatic rings. The quantitative estimate of drug-likeness (QED) is 0.522. The van der Waals surface area contributed by atoms with Crippen LogP contribution >= 0.6 is 8.58 Å². The molecular formula is C13H23P. The van der Waals surface area contributed by atoms with Crippen molar-refractivity contribution in [3.8, 4) is 0 Å². The third-order valence-corrected chi connectivity index (χ3v) is 7.31. The zero-order chi connectivity index (χ0) is 9.43. The van der Waals surface area contributed by atoms with Gasteiger partial charge in [-0.25, -0.2) is 0 Å². The normalized spacial score (nSPS) is 42.9. The van der Waals surface area contributed by atoms with E-state index >= 15 is 0 Å². The lowest BCUT2D eigenvalue weighted by atomic mass is 9.88. The first-order valence-corrected chi connectivity index (χ1v) is 7.73. The molecule has 3 atom stereocenters. The summed E-state index contributed by atoms with van der Waals surface area (Å²) in [6.07, 6.45) is 15.7. The molecule has 0 aromatic carbocycles.